The van der Waals surface area contributed by atoms with E-state index in [0.717, 1.165) is 24.7 Å². The molecule has 0 radical (unpaired) electrons. The SMILES string of the molecule is CCCCC1CCC(CN)(Cc2nnn(C)n2)CC1. The van der Waals surface area contributed by atoms with Crippen LogP contribution in [-0.4, -0.2) is 26.8 Å². The van der Waals surface area contributed by atoms with E-state index in [4.69, 9.17) is 5.73 Å². The molecule has 1 aliphatic rings. The third-order valence-corrected chi connectivity index (χ3v) is 4.65. The van der Waals surface area contributed by atoms with Crippen molar-refractivity contribution in [1.82, 2.24) is 20.2 Å². The Kier molecular flexibility index (Phi) is 4.91. The summed E-state index contributed by atoms with van der Waals surface area (Å²) in [5.41, 5.74) is 6.27. The van der Waals surface area contributed by atoms with Crippen LogP contribution in [0.1, 0.15) is 57.7 Å². The van der Waals surface area contributed by atoms with E-state index < -0.39 is 0 Å². The lowest BCUT2D eigenvalue weighted by Crippen LogP contribution is -2.37. The Morgan fingerprint density at radius 3 is 2.63 bits per heavy atom. The topological polar surface area (TPSA) is 69.6 Å². The Balaban J connectivity index is 1.90. The molecule has 5 heteroatoms. The first-order chi connectivity index (χ1) is 9.17. The first-order valence-electron chi connectivity index (χ1n) is 7.60. The fraction of sp³-hybridized carbons (Fsp3) is 0.929. The lowest BCUT2D eigenvalue weighted by atomic mass is 9.67. The van der Waals surface area contributed by atoms with Crippen LogP contribution in [0.25, 0.3) is 0 Å². The fourth-order valence-electron chi connectivity index (χ4n) is 3.25. The summed E-state index contributed by atoms with van der Waals surface area (Å²) in [5.74, 6) is 1.76. The highest BCUT2D eigenvalue weighted by molar-refractivity contribution is 4.94. The molecule has 0 atom stereocenters. The zero-order chi connectivity index (χ0) is 13.7. The van der Waals surface area contributed by atoms with Crippen LogP contribution in [0.15, 0.2) is 0 Å². The number of nitrogens with zero attached hydrogens (tertiary/aromatic N) is 4. The van der Waals surface area contributed by atoms with Crippen LogP contribution in [-0.2, 0) is 13.5 Å². The van der Waals surface area contributed by atoms with E-state index in [0.29, 0.717) is 0 Å². The summed E-state index contributed by atoms with van der Waals surface area (Å²) in [7, 11) is 1.81. The molecule has 0 unspecified atom stereocenters. The molecule has 1 fully saturated rings. The van der Waals surface area contributed by atoms with Crippen LogP contribution in [0.2, 0.25) is 0 Å². The number of rotatable bonds is 6. The Morgan fingerprint density at radius 1 is 1.37 bits per heavy atom. The minimum absolute atomic E-state index is 0.214. The van der Waals surface area contributed by atoms with Crippen LogP contribution in [0.3, 0.4) is 0 Å². The van der Waals surface area contributed by atoms with Gasteiger partial charge in [0.25, 0.3) is 0 Å². The number of hydrogen-bond donors (Lipinski definition) is 1. The highest BCUT2D eigenvalue weighted by atomic mass is 15.6. The monoisotopic (exact) mass is 265 g/mol. The molecule has 108 valence electrons. The number of unbranched alkanes of at least 4 members (excludes halogenated alkanes) is 1. The van der Waals surface area contributed by atoms with Crippen molar-refractivity contribution in [2.24, 2.45) is 24.1 Å². The molecule has 0 spiro atoms. The molecule has 5 nitrogen and oxygen atoms in total. The molecular formula is C14H27N5. The molecular weight excluding hydrogens is 238 g/mol. The molecule has 1 aromatic rings. The molecule has 1 aromatic heterocycles. The fourth-order valence-corrected chi connectivity index (χ4v) is 3.25. The van der Waals surface area contributed by atoms with Crippen molar-refractivity contribution in [1.29, 1.82) is 0 Å². The summed E-state index contributed by atoms with van der Waals surface area (Å²) in [4.78, 5) is 1.53. The normalized spacial score (nSPS) is 27.6. The summed E-state index contributed by atoms with van der Waals surface area (Å²) in [6.45, 7) is 3.01. The van der Waals surface area contributed by atoms with E-state index >= 15 is 0 Å². The van der Waals surface area contributed by atoms with Gasteiger partial charge in [0.1, 0.15) is 0 Å². The van der Waals surface area contributed by atoms with E-state index in [2.05, 4.69) is 22.3 Å². The molecule has 19 heavy (non-hydrogen) atoms. The predicted molar refractivity (Wildman–Crippen MR) is 75.5 cm³/mol. The predicted octanol–water partition coefficient (Wildman–Crippen LogP) is 2.08. The van der Waals surface area contributed by atoms with Crippen molar-refractivity contribution >= 4 is 0 Å². The van der Waals surface area contributed by atoms with Gasteiger partial charge in [-0.15, -0.1) is 10.2 Å². The lowest BCUT2D eigenvalue weighted by molar-refractivity contribution is 0.147. The summed E-state index contributed by atoms with van der Waals surface area (Å²) in [6.07, 6.45) is 10.0. The lowest BCUT2D eigenvalue weighted by Gasteiger charge is -2.39. The van der Waals surface area contributed by atoms with Gasteiger partial charge in [-0.2, -0.15) is 4.80 Å². The number of hydrogen-bond acceptors (Lipinski definition) is 4. The second kappa shape index (κ2) is 6.46. The summed E-state index contributed by atoms with van der Waals surface area (Å²) in [6, 6.07) is 0. The third-order valence-electron chi connectivity index (χ3n) is 4.65. The van der Waals surface area contributed by atoms with Crippen LogP contribution < -0.4 is 5.73 Å². The highest BCUT2D eigenvalue weighted by Crippen LogP contribution is 2.41. The Hall–Kier alpha value is -0.970. The van der Waals surface area contributed by atoms with Gasteiger partial charge in [-0.05, 0) is 48.8 Å². The maximum absolute atomic E-state index is 6.06. The Bertz CT molecular complexity index is 379. The van der Waals surface area contributed by atoms with E-state index in [1.807, 2.05) is 7.05 Å². The Morgan fingerprint density at radius 2 is 2.11 bits per heavy atom. The number of nitrogens with two attached hydrogens (primary N) is 1. The van der Waals surface area contributed by atoms with E-state index in [1.54, 1.807) is 0 Å². The van der Waals surface area contributed by atoms with Gasteiger partial charge >= 0.3 is 0 Å². The first-order valence-corrected chi connectivity index (χ1v) is 7.60. The van der Waals surface area contributed by atoms with Gasteiger partial charge in [0.15, 0.2) is 5.82 Å². The van der Waals surface area contributed by atoms with Gasteiger partial charge in [-0.3, -0.25) is 0 Å². The van der Waals surface area contributed by atoms with Crippen LogP contribution in [0.4, 0.5) is 0 Å². The molecule has 0 amide bonds. The second-order valence-corrected chi connectivity index (χ2v) is 6.16. The van der Waals surface area contributed by atoms with Gasteiger partial charge in [0, 0.05) is 6.42 Å². The van der Waals surface area contributed by atoms with Gasteiger partial charge in [0.05, 0.1) is 7.05 Å². The third kappa shape index (κ3) is 3.75. The molecule has 0 bridgehead atoms. The largest absolute Gasteiger partial charge is 0.330 e. The van der Waals surface area contributed by atoms with Crippen molar-refractivity contribution in [3.63, 3.8) is 0 Å². The van der Waals surface area contributed by atoms with Gasteiger partial charge in [-0.25, -0.2) is 0 Å². The van der Waals surface area contributed by atoms with E-state index in [1.165, 1.54) is 49.7 Å². The number of aromatic nitrogens is 4. The second-order valence-electron chi connectivity index (χ2n) is 6.16. The highest BCUT2D eigenvalue weighted by Gasteiger charge is 2.35. The summed E-state index contributed by atoms with van der Waals surface area (Å²) >= 11 is 0. The van der Waals surface area contributed by atoms with Gasteiger partial charge in [0.2, 0.25) is 0 Å². The molecule has 1 saturated carbocycles. The zero-order valence-corrected chi connectivity index (χ0v) is 12.3. The van der Waals surface area contributed by atoms with Crippen LogP contribution in [0.5, 0.6) is 0 Å². The standard InChI is InChI=1S/C14H27N5/c1-3-4-5-12-6-8-14(11-15,9-7-12)10-13-16-18-19(2)17-13/h12H,3-11,15H2,1-2H3. The first kappa shape index (κ1) is 14.4. The average Bonchev–Trinajstić information content (AvgIpc) is 2.83. The van der Waals surface area contributed by atoms with Crippen molar-refractivity contribution in [3.05, 3.63) is 5.82 Å². The van der Waals surface area contributed by atoms with Crippen LogP contribution in [0, 0.1) is 11.3 Å². The molecule has 1 heterocycles. The average molecular weight is 265 g/mol. The van der Waals surface area contributed by atoms with Crippen molar-refractivity contribution in [2.75, 3.05) is 6.54 Å². The minimum Gasteiger partial charge on any atom is -0.330 e. The van der Waals surface area contributed by atoms with Gasteiger partial charge < -0.3 is 5.73 Å². The maximum Gasteiger partial charge on any atom is 0.175 e. The molecule has 0 aliphatic heterocycles. The quantitative estimate of drug-likeness (QED) is 0.855. The summed E-state index contributed by atoms with van der Waals surface area (Å²) in [5, 5.41) is 12.3. The van der Waals surface area contributed by atoms with Crippen LogP contribution >= 0.6 is 0 Å². The summed E-state index contributed by atoms with van der Waals surface area (Å²) < 4.78 is 0. The molecule has 2 rings (SSSR count). The van der Waals surface area contributed by atoms with E-state index in [9.17, 15) is 0 Å². The molecule has 1 aliphatic carbocycles. The number of aryl methyl sites for hydroxylation is 1. The Labute approximate surface area is 115 Å². The molecule has 0 saturated heterocycles. The molecule has 2 N–H and O–H groups in total. The molecule has 0 aromatic carbocycles. The maximum atomic E-state index is 6.06. The zero-order valence-electron chi connectivity index (χ0n) is 12.3. The van der Waals surface area contributed by atoms with Crippen molar-refractivity contribution < 1.29 is 0 Å². The number of tetrazole rings is 1. The van der Waals surface area contributed by atoms with E-state index in [-0.39, 0.29) is 5.41 Å². The van der Waals surface area contributed by atoms with Crippen molar-refractivity contribution in [2.45, 2.75) is 58.3 Å². The van der Waals surface area contributed by atoms with Crippen molar-refractivity contribution in [3.8, 4) is 0 Å². The smallest absolute Gasteiger partial charge is 0.175 e. The minimum atomic E-state index is 0.214. The van der Waals surface area contributed by atoms with Gasteiger partial charge in [-0.1, -0.05) is 26.2 Å².